The van der Waals surface area contributed by atoms with Gasteiger partial charge in [-0.25, -0.2) is 0 Å². The highest BCUT2D eigenvalue weighted by molar-refractivity contribution is 5.93. The van der Waals surface area contributed by atoms with Gasteiger partial charge in [0, 0.05) is 10.8 Å². The molecule has 0 aromatic heterocycles. The number of hydrogen-bond donors (Lipinski definition) is 0. The van der Waals surface area contributed by atoms with Crippen molar-refractivity contribution in [1.82, 2.24) is 0 Å². The fraction of sp³-hybridized carbons (Fsp3) is 0.133. The normalized spacial score (nSPS) is 19.8. The van der Waals surface area contributed by atoms with Crippen LogP contribution in [0.3, 0.4) is 0 Å². The van der Waals surface area contributed by atoms with Gasteiger partial charge in [-0.2, -0.15) is 0 Å². The molecule has 5 aromatic carbocycles. The van der Waals surface area contributed by atoms with E-state index in [4.69, 9.17) is 0 Å². The maximum Gasteiger partial charge on any atom is 0.0318 e. The average molecular weight is 385 g/mol. The van der Waals surface area contributed by atoms with Crippen LogP contribution in [0, 0.1) is 0 Å². The molecule has 1 atom stereocenters. The van der Waals surface area contributed by atoms with Crippen LogP contribution in [0.1, 0.15) is 30.0 Å². The second-order valence-corrected chi connectivity index (χ2v) is 8.83. The van der Waals surface area contributed by atoms with Gasteiger partial charge in [0.25, 0.3) is 0 Å². The molecule has 0 aliphatic heterocycles. The number of benzene rings is 5. The molecule has 0 amide bonds. The van der Waals surface area contributed by atoms with Crippen molar-refractivity contribution in [1.29, 1.82) is 0 Å². The Kier molecular flexibility index (Phi) is 3.67. The molecule has 1 aliphatic carbocycles. The van der Waals surface area contributed by atoms with Crippen molar-refractivity contribution < 1.29 is 0 Å². The molecule has 1 fully saturated rings. The van der Waals surface area contributed by atoms with Gasteiger partial charge in [0.05, 0.1) is 0 Å². The highest BCUT2D eigenvalue weighted by atomic mass is 14.7. The third-order valence-corrected chi connectivity index (χ3v) is 7.35. The maximum absolute atomic E-state index is 2.45. The molecule has 0 heterocycles. The lowest BCUT2D eigenvalue weighted by atomic mass is 9.75. The molecule has 1 saturated carbocycles. The second-order valence-electron chi connectivity index (χ2n) is 8.83. The van der Waals surface area contributed by atoms with Crippen LogP contribution in [0.4, 0.5) is 0 Å². The van der Waals surface area contributed by atoms with Crippen LogP contribution < -0.4 is 0 Å². The van der Waals surface area contributed by atoms with E-state index in [1.54, 1.807) is 0 Å². The van der Waals surface area contributed by atoms with Gasteiger partial charge in [-0.15, -0.1) is 0 Å². The lowest BCUT2D eigenvalue weighted by Crippen LogP contribution is -2.22. The Labute approximate surface area is 177 Å². The molecule has 0 nitrogen and oxygen atoms in total. The summed E-state index contributed by atoms with van der Waals surface area (Å²) in [5, 5.41) is 5.37. The van der Waals surface area contributed by atoms with Crippen LogP contribution in [-0.2, 0) is 10.8 Å². The summed E-state index contributed by atoms with van der Waals surface area (Å²) in [6.45, 7) is 2.45. The van der Waals surface area contributed by atoms with E-state index in [0.717, 1.165) is 6.42 Å². The van der Waals surface area contributed by atoms with E-state index in [-0.39, 0.29) is 10.8 Å². The molecule has 0 saturated heterocycles. The van der Waals surface area contributed by atoms with Crippen LogP contribution in [0.25, 0.3) is 21.5 Å². The molecular weight excluding hydrogens is 360 g/mol. The predicted molar refractivity (Wildman–Crippen MR) is 127 cm³/mol. The largest absolute Gasteiger partial charge is 0.0622 e. The molecule has 1 unspecified atom stereocenters. The van der Waals surface area contributed by atoms with E-state index in [1.807, 2.05) is 0 Å². The summed E-state index contributed by atoms with van der Waals surface area (Å²) in [5.74, 6) is 0. The smallest absolute Gasteiger partial charge is 0.0318 e. The van der Waals surface area contributed by atoms with Crippen LogP contribution >= 0.6 is 0 Å². The van der Waals surface area contributed by atoms with Crippen molar-refractivity contribution >= 4 is 21.5 Å². The van der Waals surface area contributed by atoms with Crippen LogP contribution in [0.15, 0.2) is 115 Å². The first-order valence-corrected chi connectivity index (χ1v) is 10.8. The Morgan fingerprint density at radius 3 is 1.53 bits per heavy atom. The summed E-state index contributed by atoms with van der Waals surface area (Å²) < 4.78 is 0. The predicted octanol–water partition coefficient (Wildman–Crippen LogP) is 7.64. The first-order chi connectivity index (χ1) is 14.7. The summed E-state index contributed by atoms with van der Waals surface area (Å²) in [7, 11) is 0. The zero-order chi connectivity index (χ0) is 20.2. The Balaban J connectivity index is 1.71. The number of fused-ring (bicyclic) bond motifs is 2. The van der Waals surface area contributed by atoms with Gasteiger partial charge >= 0.3 is 0 Å². The van der Waals surface area contributed by atoms with Gasteiger partial charge in [-0.3, -0.25) is 0 Å². The number of hydrogen-bond acceptors (Lipinski definition) is 0. The highest BCUT2D eigenvalue weighted by Gasteiger charge is 2.67. The van der Waals surface area contributed by atoms with E-state index >= 15 is 0 Å². The van der Waals surface area contributed by atoms with Crippen molar-refractivity contribution in [3.8, 4) is 0 Å². The molecule has 0 radical (unpaired) electrons. The molecule has 144 valence electrons. The van der Waals surface area contributed by atoms with E-state index in [0.29, 0.717) is 0 Å². The molecule has 1 aliphatic rings. The van der Waals surface area contributed by atoms with E-state index in [9.17, 15) is 0 Å². The Bertz CT molecular complexity index is 1290. The molecule has 5 aromatic rings. The minimum Gasteiger partial charge on any atom is -0.0622 e. The van der Waals surface area contributed by atoms with Crippen molar-refractivity contribution in [2.45, 2.75) is 24.2 Å². The first kappa shape index (κ1) is 17.5. The summed E-state index contributed by atoms with van der Waals surface area (Å²) in [6.07, 6.45) is 1.12. The highest BCUT2D eigenvalue weighted by Crippen LogP contribution is 2.70. The summed E-state index contributed by atoms with van der Waals surface area (Å²) in [5.41, 5.74) is 4.33. The zero-order valence-electron chi connectivity index (χ0n) is 17.2. The van der Waals surface area contributed by atoms with Gasteiger partial charge in [0.1, 0.15) is 0 Å². The van der Waals surface area contributed by atoms with E-state index < -0.39 is 0 Å². The van der Waals surface area contributed by atoms with Crippen LogP contribution in [0.2, 0.25) is 0 Å². The Morgan fingerprint density at radius 2 is 0.967 bits per heavy atom. The van der Waals surface area contributed by atoms with Gasteiger partial charge in [-0.05, 0) is 44.7 Å². The molecule has 0 heteroatoms. The van der Waals surface area contributed by atoms with Gasteiger partial charge < -0.3 is 0 Å². The minimum atomic E-state index is -0.0456. The zero-order valence-corrected chi connectivity index (χ0v) is 17.2. The van der Waals surface area contributed by atoms with E-state index in [2.05, 4.69) is 122 Å². The summed E-state index contributed by atoms with van der Waals surface area (Å²) in [4.78, 5) is 0. The average Bonchev–Trinajstić information content (AvgIpc) is 3.46. The first-order valence-electron chi connectivity index (χ1n) is 10.8. The fourth-order valence-corrected chi connectivity index (χ4v) is 5.77. The second kappa shape index (κ2) is 6.31. The molecule has 0 N–H and O–H groups in total. The maximum atomic E-state index is 2.45. The molecule has 0 spiro atoms. The molecule has 0 bridgehead atoms. The number of rotatable bonds is 3. The monoisotopic (exact) mass is 384 g/mol. The van der Waals surface area contributed by atoms with Gasteiger partial charge in [0.15, 0.2) is 0 Å². The van der Waals surface area contributed by atoms with Crippen molar-refractivity contribution in [3.05, 3.63) is 132 Å². The lowest BCUT2D eigenvalue weighted by molar-refractivity contribution is 0.660. The quantitative estimate of drug-likeness (QED) is 0.300. The molecule has 6 rings (SSSR count). The lowest BCUT2D eigenvalue weighted by Gasteiger charge is -2.27. The van der Waals surface area contributed by atoms with Gasteiger partial charge in [-0.1, -0.05) is 122 Å². The fourth-order valence-electron chi connectivity index (χ4n) is 5.77. The topological polar surface area (TPSA) is 0 Å². The molecular formula is C30H24. The molecule has 30 heavy (non-hydrogen) atoms. The standard InChI is InChI=1S/C30H24/c1-29(24-15-3-2-4-16-24)21-30(29,27-19-9-13-22-11-5-7-17-25(22)27)28-20-10-14-23-12-6-8-18-26(23)28/h2-20H,21H2,1H3. The van der Waals surface area contributed by atoms with Crippen molar-refractivity contribution in [2.24, 2.45) is 0 Å². The summed E-state index contributed by atoms with van der Waals surface area (Å²) >= 11 is 0. The van der Waals surface area contributed by atoms with Crippen molar-refractivity contribution in [2.75, 3.05) is 0 Å². The van der Waals surface area contributed by atoms with Gasteiger partial charge in [0.2, 0.25) is 0 Å². The van der Waals surface area contributed by atoms with E-state index in [1.165, 1.54) is 38.2 Å². The van der Waals surface area contributed by atoms with Crippen LogP contribution in [0.5, 0.6) is 0 Å². The third kappa shape index (κ3) is 2.28. The minimum absolute atomic E-state index is 0.0456. The third-order valence-electron chi connectivity index (χ3n) is 7.35. The SMILES string of the molecule is CC1(c2ccccc2)CC1(c1cccc2ccccc12)c1cccc2ccccc12. The van der Waals surface area contributed by atoms with Crippen molar-refractivity contribution in [3.63, 3.8) is 0 Å². The Hall–Kier alpha value is -3.38. The summed E-state index contributed by atoms with van der Waals surface area (Å²) in [6, 6.07) is 42.4. The Morgan fingerprint density at radius 1 is 0.500 bits per heavy atom. The van der Waals surface area contributed by atoms with Crippen LogP contribution in [-0.4, -0.2) is 0 Å².